The summed E-state index contributed by atoms with van der Waals surface area (Å²) >= 11 is 12.2. The van der Waals surface area contributed by atoms with Crippen molar-refractivity contribution in [3.63, 3.8) is 0 Å². The van der Waals surface area contributed by atoms with Gasteiger partial charge in [0.2, 0.25) is 23.6 Å². The molecule has 3 aromatic heterocycles. The Hall–Kier alpha value is -6.01. The number of urea groups is 1. The summed E-state index contributed by atoms with van der Waals surface area (Å²) in [7, 11) is 1.52. The predicted octanol–water partition coefficient (Wildman–Crippen LogP) is 3.25. The summed E-state index contributed by atoms with van der Waals surface area (Å²) in [5.74, 6) is -2.42. The number of nitrogens with one attached hydrogen (secondary N) is 5. The number of imide groups is 2. The van der Waals surface area contributed by atoms with Crippen molar-refractivity contribution in [1.29, 1.82) is 0 Å². The van der Waals surface area contributed by atoms with Crippen LogP contribution in [0.3, 0.4) is 0 Å². The highest BCUT2D eigenvalue weighted by molar-refractivity contribution is 6.31. The topological polar surface area (TPSA) is 264 Å². The molecule has 5 N–H and O–H groups in total. The molecular formula is C41H48Cl2N10O12. The molecule has 7 amide bonds. The molecule has 1 fully saturated rings. The number of carbonyl (C=O) groups is 6. The lowest BCUT2D eigenvalue weighted by Gasteiger charge is -2.27. The van der Waals surface area contributed by atoms with E-state index in [1.807, 2.05) is 0 Å². The van der Waals surface area contributed by atoms with E-state index in [4.69, 9.17) is 51.6 Å². The fourth-order valence-electron chi connectivity index (χ4n) is 6.70. The largest absolute Gasteiger partial charge is 0.474 e. The number of methoxy groups -OCH3 is 1. The first-order chi connectivity index (χ1) is 31.4. The standard InChI is InChI=1S/C41H48Cl2N10O12/c1-24(60-2)36-29(23-46-32-21-31(43)51-53(32)36)49-41(59)48-28-20-25(42)22-47-38(28)65-13-10-45-33(54)8-11-61-14-16-63-18-19-64-17-15-62-12-9-44-27-5-3-4-26-35(27)40(58)52(39(26)57)30-6-7-34(55)50-37(30)56/h3-5,20-24,30,44H,6-19H2,1-2H3,(H,45,54)(H2,48,49,59)(H,50,55,56)/t24-,30?/m0/s1. The summed E-state index contributed by atoms with van der Waals surface area (Å²) in [6.45, 7) is 4.73. The molecule has 0 saturated carbocycles. The van der Waals surface area contributed by atoms with Gasteiger partial charge in [-0.25, -0.2) is 19.3 Å². The molecule has 65 heavy (non-hydrogen) atoms. The lowest BCUT2D eigenvalue weighted by molar-refractivity contribution is -0.136. The van der Waals surface area contributed by atoms with Crippen LogP contribution in [0.25, 0.3) is 5.65 Å². The van der Waals surface area contributed by atoms with E-state index in [0.29, 0.717) is 68.9 Å². The Morgan fingerprint density at radius 2 is 1.55 bits per heavy atom. The lowest BCUT2D eigenvalue weighted by atomic mass is 10.0. The smallest absolute Gasteiger partial charge is 0.323 e. The molecule has 1 aromatic carbocycles. The number of halogens is 2. The minimum Gasteiger partial charge on any atom is -0.474 e. The fraction of sp³-hybridized carbons (Fsp3) is 0.439. The van der Waals surface area contributed by atoms with Crippen molar-refractivity contribution in [2.24, 2.45) is 0 Å². The molecule has 2 atom stereocenters. The van der Waals surface area contributed by atoms with Gasteiger partial charge in [-0.05, 0) is 31.5 Å². The monoisotopic (exact) mass is 942 g/mol. The molecule has 1 saturated heterocycles. The third-order valence-corrected chi connectivity index (χ3v) is 10.2. The zero-order valence-electron chi connectivity index (χ0n) is 35.5. The van der Waals surface area contributed by atoms with Crippen LogP contribution in [-0.4, -0.2) is 146 Å². The van der Waals surface area contributed by atoms with E-state index in [2.05, 4.69) is 41.7 Å². The van der Waals surface area contributed by atoms with Crippen molar-refractivity contribution in [3.8, 4) is 5.88 Å². The van der Waals surface area contributed by atoms with Crippen molar-refractivity contribution in [2.75, 3.05) is 95.6 Å². The van der Waals surface area contributed by atoms with Crippen molar-refractivity contribution >= 4 is 81.5 Å². The van der Waals surface area contributed by atoms with E-state index in [1.54, 1.807) is 25.1 Å². The summed E-state index contributed by atoms with van der Waals surface area (Å²) < 4.78 is 34.8. The highest BCUT2D eigenvalue weighted by Crippen LogP contribution is 2.33. The number of pyridine rings is 1. The number of ether oxygens (including phenoxy) is 6. The quantitative estimate of drug-likeness (QED) is 0.0472. The number of aromatic nitrogens is 4. The van der Waals surface area contributed by atoms with Crippen LogP contribution < -0.4 is 31.3 Å². The van der Waals surface area contributed by atoms with Gasteiger partial charge in [0.15, 0.2) is 10.8 Å². The molecule has 24 heteroatoms. The van der Waals surface area contributed by atoms with E-state index < -0.39 is 41.8 Å². The first-order valence-electron chi connectivity index (χ1n) is 20.5. The predicted molar refractivity (Wildman–Crippen MR) is 233 cm³/mol. The molecule has 0 aliphatic carbocycles. The average molecular weight is 944 g/mol. The van der Waals surface area contributed by atoms with Gasteiger partial charge in [0.25, 0.3) is 11.8 Å². The van der Waals surface area contributed by atoms with Gasteiger partial charge >= 0.3 is 6.03 Å². The second-order valence-electron chi connectivity index (χ2n) is 14.3. The van der Waals surface area contributed by atoms with Gasteiger partial charge in [-0.2, -0.15) is 5.10 Å². The summed E-state index contributed by atoms with van der Waals surface area (Å²) in [4.78, 5) is 84.9. The van der Waals surface area contributed by atoms with Gasteiger partial charge in [0, 0.05) is 44.4 Å². The summed E-state index contributed by atoms with van der Waals surface area (Å²) in [6, 6.07) is 6.23. The number of rotatable bonds is 25. The van der Waals surface area contributed by atoms with Crippen molar-refractivity contribution in [2.45, 2.75) is 38.3 Å². The van der Waals surface area contributed by atoms with Crippen LogP contribution in [0.15, 0.2) is 42.7 Å². The molecule has 1 unspecified atom stereocenters. The number of benzene rings is 1. The van der Waals surface area contributed by atoms with Gasteiger partial charge in [-0.15, -0.1) is 0 Å². The summed E-state index contributed by atoms with van der Waals surface area (Å²) in [5.41, 5.74) is 2.33. The van der Waals surface area contributed by atoms with Gasteiger partial charge in [-0.3, -0.25) is 34.2 Å². The lowest BCUT2D eigenvalue weighted by Crippen LogP contribution is -2.54. The van der Waals surface area contributed by atoms with Crippen LogP contribution in [0.2, 0.25) is 10.2 Å². The number of hydrogen-bond donors (Lipinski definition) is 5. The fourth-order valence-corrected chi connectivity index (χ4v) is 7.03. The molecule has 4 aromatic rings. The molecule has 0 spiro atoms. The molecular weight excluding hydrogens is 895 g/mol. The van der Waals surface area contributed by atoms with E-state index in [1.165, 1.54) is 36.2 Å². The Bertz CT molecular complexity index is 2370. The van der Waals surface area contributed by atoms with Gasteiger partial charge in [-0.1, -0.05) is 29.3 Å². The molecule has 0 bridgehead atoms. The van der Waals surface area contributed by atoms with Crippen LogP contribution in [0, 0.1) is 0 Å². The Balaban J connectivity index is 0.770. The number of amides is 7. The third-order valence-electron chi connectivity index (χ3n) is 9.83. The Morgan fingerprint density at radius 1 is 0.846 bits per heavy atom. The molecule has 0 radical (unpaired) electrons. The summed E-state index contributed by atoms with van der Waals surface area (Å²) in [5, 5.41) is 18.2. The number of piperidine rings is 1. The van der Waals surface area contributed by atoms with Crippen molar-refractivity contribution in [3.05, 3.63) is 69.7 Å². The highest BCUT2D eigenvalue weighted by atomic mass is 35.5. The molecule has 6 rings (SSSR count). The third kappa shape index (κ3) is 13.1. The minimum absolute atomic E-state index is 0.0452. The van der Waals surface area contributed by atoms with Gasteiger partial charge in [0.1, 0.15) is 18.3 Å². The number of hydrogen-bond acceptors (Lipinski definition) is 16. The van der Waals surface area contributed by atoms with E-state index in [9.17, 15) is 28.8 Å². The maximum Gasteiger partial charge on any atom is 0.323 e. The Labute approximate surface area is 382 Å². The average Bonchev–Trinajstić information content (AvgIpc) is 3.78. The molecule has 5 heterocycles. The van der Waals surface area contributed by atoms with Crippen LogP contribution in [0.4, 0.5) is 21.9 Å². The second kappa shape index (κ2) is 23.8. The van der Waals surface area contributed by atoms with Gasteiger partial charge in [0.05, 0.1) is 99.2 Å². The highest BCUT2D eigenvalue weighted by Gasteiger charge is 2.45. The van der Waals surface area contributed by atoms with Crippen LogP contribution in [-0.2, 0) is 38.1 Å². The zero-order valence-corrected chi connectivity index (χ0v) is 37.0. The number of fused-ring (bicyclic) bond motifs is 2. The maximum absolute atomic E-state index is 13.2. The number of anilines is 3. The van der Waals surface area contributed by atoms with Crippen LogP contribution >= 0.6 is 23.2 Å². The van der Waals surface area contributed by atoms with Crippen molar-refractivity contribution in [1.82, 2.24) is 35.1 Å². The molecule has 2 aliphatic heterocycles. The zero-order chi connectivity index (χ0) is 46.3. The van der Waals surface area contributed by atoms with E-state index in [-0.39, 0.29) is 84.4 Å². The second-order valence-corrected chi connectivity index (χ2v) is 15.1. The normalized spacial score (nSPS) is 15.2. The molecule has 22 nitrogen and oxygen atoms in total. The number of carbonyl (C=O) groups excluding carboxylic acids is 6. The summed E-state index contributed by atoms with van der Waals surface area (Å²) in [6.07, 6.45) is 2.60. The van der Waals surface area contributed by atoms with Crippen LogP contribution in [0.1, 0.15) is 58.7 Å². The van der Waals surface area contributed by atoms with Crippen molar-refractivity contribution < 1.29 is 57.2 Å². The number of nitrogens with zero attached hydrogens (tertiary/aromatic N) is 5. The minimum atomic E-state index is -1.04. The first-order valence-corrected chi connectivity index (χ1v) is 21.3. The Morgan fingerprint density at radius 3 is 2.28 bits per heavy atom. The first kappa shape index (κ1) is 48.4. The Kier molecular flexibility index (Phi) is 17.7. The van der Waals surface area contributed by atoms with Crippen LogP contribution in [0.5, 0.6) is 5.88 Å². The molecule has 348 valence electrons. The SMILES string of the molecule is CO[C@@H](C)c1c(NC(=O)Nc2cc(Cl)cnc2OCCNC(=O)CCOCCOCCOCCOCCNc2cccc3c2C(=O)N(C2CCC(=O)NC2=O)C3=O)cnc2cc(Cl)nn12. The van der Waals surface area contributed by atoms with E-state index in [0.717, 1.165) is 4.90 Å². The van der Waals surface area contributed by atoms with E-state index >= 15 is 0 Å². The maximum atomic E-state index is 13.2. The molecule has 2 aliphatic rings. The van der Waals surface area contributed by atoms with Gasteiger partial charge < -0.3 is 49.7 Å².